The van der Waals surface area contributed by atoms with E-state index in [1.807, 2.05) is 13.8 Å². The Labute approximate surface area is 79.1 Å². The van der Waals surface area contributed by atoms with Gasteiger partial charge < -0.3 is 4.55 Å². The van der Waals surface area contributed by atoms with Crippen LogP contribution in [0.25, 0.3) is 0 Å². The summed E-state index contributed by atoms with van der Waals surface area (Å²) in [5, 5.41) is 0. The fourth-order valence-corrected chi connectivity index (χ4v) is 1.47. The van der Waals surface area contributed by atoms with Crippen LogP contribution in [0.2, 0.25) is 0 Å². The van der Waals surface area contributed by atoms with Crippen LogP contribution in [0.4, 0.5) is 4.39 Å². The number of rotatable bonds is 2. The van der Waals surface area contributed by atoms with Crippen LogP contribution in [0.1, 0.15) is 25.3 Å². The van der Waals surface area contributed by atoms with E-state index in [2.05, 4.69) is 0 Å². The smallest absolute Gasteiger partial charge is 0.186 e. The van der Waals surface area contributed by atoms with Gasteiger partial charge in [0.1, 0.15) is 5.82 Å². The van der Waals surface area contributed by atoms with E-state index in [9.17, 15) is 8.60 Å². The molecule has 0 fully saturated rings. The first kappa shape index (κ1) is 10.3. The lowest BCUT2D eigenvalue weighted by atomic mass is 10.0. The highest BCUT2D eigenvalue weighted by Gasteiger charge is 2.08. The van der Waals surface area contributed by atoms with Crippen molar-refractivity contribution in [3.63, 3.8) is 0 Å². The van der Waals surface area contributed by atoms with Crippen LogP contribution in [0, 0.1) is 5.82 Å². The van der Waals surface area contributed by atoms with Crippen molar-refractivity contribution in [3.05, 3.63) is 29.6 Å². The lowest BCUT2D eigenvalue weighted by Gasteiger charge is -2.06. The van der Waals surface area contributed by atoms with Gasteiger partial charge in [-0.2, -0.15) is 0 Å². The lowest BCUT2D eigenvalue weighted by molar-refractivity contribution is 0.559. The molecule has 1 atom stereocenters. The Morgan fingerprint density at radius 2 is 2.08 bits per heavy atom. The molecule has 0 saturated heterocycles. The fourth-order valence-electron chi connectivity index (χ4n) is 1.08. The summed E-state index contributed by atoms with van der Waals surface area (Å²) in [5.74, 6) is -0.337. The summed E-state index contributed by atoms with van der Waals surface area (Å²) in [6.07, 6.45) is 0. The molecular formula is C9H11FO2S. The van der Waals surface area contributed by atoms with Crippen LogP contribution < -0.4 is 0 Å². The van der Waals surface area contributed by atoms with Crippen molar-refractivity contribution in [2.24, 2.45) is 0 Å². The molecule has 0 heterocycles. The predicted octanol–water partition coefficient (Wildman–Crippen LogP) is 2.53. The van der Waals surface area contributed by atoms with Gasteiger partial charge in [0.15, 0.2) is 11.1 Å². The minimum absolute atomic E-state index is 0.0844. The van der Waals surface area contributed by atoms with E-state index in [4.69, 9.17) is 4.55 Å². The van der Waals surface area contributed by atoms with Gasteiger partial charge in [-0.25, -0.2) is 8.60 Å². The second-order valence-electron chi connectivity index (χ2n) is 3.09. The summed E-state index contributed by atoms with van der Waals surface area (Å²) in [7, 11) is 0. The molecule has 1 aromatic rings. The van der Waals surface area contributed by atoms with Crippen LogP contribution in [0.3, 0.4) is 0 Å². The molecule has 0 spiro atoms. The van der Waals surface area contributed by atoms with Gasteiger partial charge in [0.25, 0.3) is 0 Å². The summed E-state index contributed by atoms with van der Waals surface area (Å²) in [6.45, 7) is 3.74. The van der Waals surface area contributed by atoms with E-state index < -0.39 is 16.9 Å². The van der Waals surface area contributed by atoms with Gasteiger partial charge in [0.05, 0.1) is 4.90 Å². The molecule has 1 N–H and O–H groups in total. The molecule has 72 valence electrons. The van der Waals surface area contributed by atoms with Crippen molar-refractivity contribution < 1.29 is 13.2 Å². The summed E-state index contributed by atoms with van der Waals surface area (Å²) >= 11 is -2.10. The monoisotopic (exact) mass is 202 g/mol. The number of halogens is 1. The van der Waals surface area contributed by atoms with E-state index in [1.54, 1.807) is 6.07 Å². The zero-order valence-corrected chi connectivity index (χ0v) is 8.27. The quantitative estimate of drug-likeness (QED) is 0.748. The van der Waals surface area contributed by atoms with Crippen molar-refractivity contribution in [1.29, 1.82) is 0 Å². The first-order valence-corrected chi connectivity index (χ1v) is 5.03. The Hall–Kier alpha value is -0.740. The normalized spacial score (nSPS) is 13.3. The second kappa shape index (κ2) is 3.98. The van der Waals surface area contributed by atoms with Crippen molar-refractivity contribution in [1.82, 2.24) is 0 Å². The highest BCUT2D eigenvalue weighted by molar-refractivity contribution is 7.79. The number of benzene rings is 1. The van der Waals surface area contributed by atoms with E-state index in [1.165, 1.54) is 6.07 Å². The largest absolute Gasteiger partial charge is 0.302 e. The van der Waals surface area contributed by atoms with Gasteiger partial charge in [-0.3, -0.25) is 0 Å². The summed E-state index contributed by atoms with van der Waals surface area (Å²) in [6, 6.07) is 4.11. The number of hydrogen-bond acceptors (Lipinski definition) is 1. The molecule has 4 heteroatoms. The summed E-state index contributed by atoms with van der Waals surface area (Å²) < 4.78 is 32.5. The van der Waals surface area contributed by atoms with Crippen LogP contribution >= 0.6 is 0 Å². The second-order valence-corrected chi connectivity index (χ2v) is 4.06. The Morgan fingerprint density at radius 3 is 2.46 bits per heavy atom. The Balaban J connectivity index is 3.13. The molecule has 0 aromatic heterocycles. The molecule has 0 saturated carbocycles. The predicted molar refractivity (Wildman–Crippen MR) is 49.5 cm³/mol. The highest BCUT2D eigenvalue weighted by atomic mass is 32.2. The molecular weight excluding hydrogens is 191 g/mol. The van der Waals surface area contributed by atoms with E-state index in [0.717, 1.165) is 6.07 Å². The molecule has 13 heavy (non-hydrogen) atoms. The molecule has 0 aliphatic rings. The highest BCUT2D eigenvalue weighted by Crippen LogP contribution is 2.20. The van der Waals surface area contributed by atoms with Gasteiger partial charge in [0, 0.05) is 0 Å². The van der Waals surface area contributed by atoms with E-state index in [0.29, 0.717) is 5.56 Å². The summed E-state index contributed by atoms with van der Waals surface area (Å²) in [5.41, 5.74) is 0.564. The SMILES string of the molecule is CC(C)c1ccc(S(=O)O)cc1F. The number of hydrogen-bond donors (Lipinski definition) is 1. The first-order chi connectivity index (χ1) is 6.02. The van der Waals surface area contributed by atoms with Crippen LogP contribution in [0.15, 0.2) is 23.1 Å². The zero-order valence-electron chi connectivity index (χ0n) is 7.45. The van der Waals surface area contributed by atoms with Crippen molar-refractivity contribution in [2.45, 2.75) is 24.7 Å². The fraction of sp³-hybridized carbons (Fsp3) is 0.333. The van der Waals surface area contributed by atoms with E-state index in [-0.39, 0.29) is 10.8 Å². The molecule has 0 bridgehead atoms. The average Bonchev–Trinajstić information content (AvgIpc) is 2.03. The molecule has 1 rings (SSSR count). The Kier molecular flexibility index (Phi) is 3.17. The molecule has 0 radical (unpaired) electrons. The van der Waals surface area contributed by atoms with Gasteiger partial charge in [-0.1, -0.05) is 19.9 Å². The molecule has 0 aliphatic heterocycles. The minimum atomic E-state index is -2.10. The van der Waals surface area contributed by atoms with E-state index >= 15 is 0 Å². The van der Waals surface area contributed by atoms with Crippen molar-refractivity contribution >= 4 is 11.1 Å². The molecule has 1 unspecified atom stereocenters. The first-order valence-electron chi connectivity index (χ1n) is 3.92. The van der Waals surface area contributed by atoms with Crippen molar-refractivity contribution in [3.8, 4) is 0 Å². The minimum Gasteiger partial charge on any atom is -0.302 e. The third-order valence-electron chi connectivity index (χ3n) is 1.80. The molecule has 2 nitrogen and oxygen atoms in total. The maximum atomic E-state index is 13.2. The van der Waals surface area contributed by atoms with Crippen LogP contribution in [0.5, 0.6) is 0 Å². The van der Waals surface area contributed by atoms with Crippen LogP contribution in [-0.4, -0.2) is 8.76 Å². The van der Waals surface area contributed by atoms with Gasteiger partial charge >= 0.3 is 0 Å². The van der Waals surface area contributed by atoms with Crippen molar-refractivity contribution in [2.75, 3.05) is 0 Å². The third kappa shape index (κ3) is 2.35. The van der Waals surface area contributed by atoms with Gasteiger partial charge in [-0.15, -0.1) is 0 Å². The topological polar surface area (TPSA) is 37.3 Å². The third-order valence-corrected chi connectivity index (χ3v) is 2.45. The standard InChI is InChI=1S/C9H11FO2S/c1-6(2)8-4-3-7(13(11)12)5-9(8)10/h3-6H,1-2H3,(H,11,12). The summed E-state index contributed by atoms with van der Waals surface area (Å²) in [4.78, 5) is 0.0990. The lowest BCUT2D eigenvalue weighted by Crippen LogP contribution is -1.96. The maximum absolute atomic E-state index is 13.2. The zero-order chi connectivity index (χ0) is 10.0. The average molecular weight is 202 g/mol. The van der Waals surface area contributed by atoms with Gasteiger partial charge in [-0.05, 0) is 23.6 Å². The maximum Gasteiger partial charge on any atom is 0.186 e. The molecule has 0 aliphatic carbocycles. The Bertz CT molecular complexity index is 336. The Morgan fingerprint density at radius 1 is 1.46 bits per heavy atom. The van der Waals surface area contributed by atoms with Crippen LogP contribution in [-0.2, 0) is 11.1 Å². The van der Waals surface area contributed by atoms with Gasteiger partial charge in [0.2, 0.25) is 0 Å². The molecule has 0 amide bonds. The molecule has 1 aromatic carbocycles.